The van der Waals surface area contributed by atoms with Gasteiger partial charge in [0.1, 0.15) is 71.0 Å². The summed E-state index contributed by atoms with van der Waals surface area (Å²) in [6.07, 6.45) is -9.59. The Morgan fingerprint density at radius 1 is 0.600 bits per heavy atom. The number of carbonyl (C=O) groups excluding carboxylic acids is 2. The lowest BCUT2D eigenvalue weighted by Gasteiger charge is -2.42. The van der Waals surface area contributed by atoms with Gasteiger partial charge in [-0.25, -0.2) is 0 Å². The summed E-state index contributed by atoms with van der Waals surface area (Å²) in [5.74, 6) is -0.689. The van der Waals surface area contributed by atoms with E-state index in [2.05, 4.69) is 0 Å². The van der Waals surface area contributed by atoms with E-state index in [1.54, 1.807) is 42.5 Å². The van der Waals surface area contributed by atoms with Crippen LogP contribution in [0.3, 0.4) is 0 Å². The lowest BCUT2D eigenvalue weighted by molar-refractivity contribution is -0.318. The Labute approximate surface area is 398 Å². The van der Waals surface area contributed by atoms with Gasteiger partial charge in [0.15, 0.2) is 57.8 Å². The van der Waals surface area contributed by atoms with Crippen molar-refractivity contribution >= 4 is 34.7 Å². The molecule has 2 saturated heterocycles. The van der Waals surface area contributed by atoms with Gasteiger partial charge in [-0.1, -0.05) is 24.3 Å². The van der Waals surface area contributed by atoms with Crippen LogP contribution in [-0.4, -0.2) is 152 Å². The third kappa shape index (κ3) is 12.4. The molecule has 0 spiro atoms. The van der Waals surface area contributed by atoms with Crippen molar-refractivity contribution in [2.24, 2.45) is 0 Å². The number of ether oxygens (including phenoxy) is 7. The zero-order valence-electron chi connectivity index (χ0n) is 37.9. The number of rotatable bonds is 15. The molecule has 0 unspecified atom stereocenters. The van der Waals surface area contributed by atoms with Crippen LogP contribution < -0.4 is 24.4 Å². The average Bonchev–Trinajstić information content (AvgIpc) is 3.33. The second kappa shape index (κ2) is 23.0. The van der Waals surface area contributed by atoms with Crippen LogP contribution in [0.5, 0.6) is 46.0 Å². The minimum Gasteiger partial charge on any atom is -0.507 e. The molecule has 7 rings (SSSR count). The number of methoxy groups -OCH3 is 3. The van der Waals surface area contributed by atoms with E-state index in [1.165, 1.54) is 70.7 Å². The van der Waals surface area contributed by atoms with E-state index >= 15 is 0 Å². The van der Waals surface area contributed by atoms with Crippen molar-refractivity contribution in [1.29, 1.82) is 0 Å². The summed E-state index contributed by atoms with van der Waals surface area (Å²) < 4.78 is 42.9. The summed E-state index contributed by atoms with van der Waals surface area (Å²) in [5, 5.41) is 101. The molecule has 374 valence electrons. The van der Waals surface area contributed by atoms with Gasteiger partial charge >= 0.3 is 0 Å². The molecule has 10 atom stereocenters. The van der Waals surface area contributed by atoms with Crippen molar-refractivity contribution in [3.63, 3.8) is 0 Å². The zero-order valence-corrected chi connectivity index (χ0v) is 37.9. The van der Waals surface area contributed by atoms with Crippen molar-refractivity contribution in [3.8, 4) is 57.3 Å². The normalized spacial score (nSPS) is 24.5. The number of aliphatic hydroxyl groups is 6. The van der Waals surface area contributed by atoms with Crippen molar-refractivity contribution in [2.75, 3.05) is 27.9 Å². The number of ketones is 2. The number of phenolic OH excluding ortho intramolecular Hbond substituents is 4. The van der Waals surface area contributed by atoms with Crippen LogP contribution in [-0.2, 0) is 23.8 Å². The molecule has 2 aliphatic heterocycles. The first-order chi connectivity index (χ1) is 33.3. The van der Waals surface area contributed by atoms with Crippen LogP contribution >= 0.6 is 0 Å². The molecule has 0 bridgehead atoms. The molecule has 1 aromatic heterocycles. The molecule has 10 N–H and O–H groups in total. The lowest BCUT2D eigenvalue weighted by atomic mass is 9.98. The van der Waals surface area contributed by atoms with Crippen LogP contribution in [0, 0.1) is 0 Å². The average molecular weight is 977 g/mol. The molecule has 2 aliphatic rings. The highest BCUT2D eigenvalue weighted by Crippen LogP contribution is 2.36. The minimum absolute atomic E-state index is 0.00662. The SMILES string of the molecule is COc1cc(/C=C/C(=O)CC(=O)/C=C/c2ccc(O)c(OC)c2)ccc1O.COc1ccc(-c2cc(=O)c3c(O)cc(O[C@@H]4O[C@H](CO[C@@H]5O[C@@H](C)[C@H](O)[C@@H](O)[C@H]5O)[C@@H](O)[C@H](O)[C@H]4O)cc3o2)cc1O. The van der Waals surface area contributed by atoms with Crippen molar-refractivity contribution in [1.82, 2.24) is 0 Å². The van der Waals surface area contributed by atoms with Crippen LogP contribution in [0.4, 0.5) is 0 Å². The highest BCUT2D eigenvalue weighted by molar-refractivity contribution is 6.11. The van der Waals surface area contributed by atoms with Crippen LogP contribution in [0.15, 0.2) is 94.2 Å². The third-order valence-electron chi connectivity index (χ3n) is 11.1. The molecule has 21 heteroatoms. The Morgan fingerprint density at radius 3 is 1.74 bits per heavy atom. The number of fused-ring (bicyclic) bond motifs is 1. The Morgan fingerprint density at radius 2 is 1.17 bits per heavy atom. The van der Waals surface area contributed by atoms with Gasteiger partial charge in [-0.2, -0.15) is 0 Å². The highest BCUT2D eigenvalue weighted by atomic mass is 16.7. The van der Waals surface area contributed by atoms with E-state index in [-0.39, 0.29) is 63.5 Å². The van der Waals surface area contributed by atoms with Crippen LogP contribution in [0.1, 0.15) is 24.5 Å². The van der Waals surface area contributed by atoms with E-state index in [0.29, 0.717) is 28.2 Å². The van der Waals surface area contributed by atoms with Gasteiger partial charge in [-0.3, -0.25) is 14.4 Å². The second-order valence-electron chi connectivity index (χ2n) is 16.0. The highest BCUT2D eigenvalue weighted by Gasteiger charge is 2.47. The molecule has 21 nitrogen and oxygen atoms in total. The van der Waals surface area contributed by atoms with E-state index in [4.69, 9.17) is 37.6 Å². The van der Waals surface area contributed by atoms with E-state index < -0.39 is 79.2 Å². The molecule has 0 aliphatic carbocycles. The summed E-state index contributed by atoms with van der Waals surface area (Å²) in [5.41, 5.74) is 0.947. The maximum absolute atomic E-state index is 12.8. The minimum atomic E-state index is -1.78. The van der Waals surface area contributed by atoms with E-state index in [1.807, 2.05) is 0 Å². The monoisotopic (exact) mass is 976 g/mol. The zero-order chi connectivity index (χ0) is 51.0. The van der Waals surface area contributed by atoms with Gasteiger partial charge in [-0.15, -0.1) is 0 Å². The number of aromatic hydroxyl groups is 4. The van der Waals surface area contributed by atoms with Gasteiger partial charge in [0.05, 0.1) is 40.5 Å². The Kier molecular flexibility index (Phi) is 17.2. The summed E-state index contributed by atoms with van der Waals surface area (Å²) in [6.45, 7) is 0.953. The maximum Gasteiger partial charge on any atom is 0.229 e. The molecular weight excluding hydrogens is 925 g/mol. The molecule has 4 aromatic carbocycles. The van der Waals surface area contributed by atoms with Gasteiger partial charge < -0.3 is 88.6 Å². The summed E-state index contributed by atoms with van der Waals surface area (Å²) in [6, 6.07) is 17.1. The summed E-state index contributed by atoms with van der Waals surface area (Å²) in [7, 11) is 4.25. The number of benzene rings is 4. The maximum atomic E-state index is 12.8. The number of hydrogen-bond acceptors (Lipinski definition) is 21. The summed E-state index contributed by atoms with van der Waals surface area (Å²) >= 11 is 0. The van der Waals surface area contributed by atoms with Crippen molar-refractivity contribution in [3.05, 3.63) is 106 Å². The van der Waals surface area contributed by atoms with Gasteiger partial charge in [0, 0.05) is 23.8 Å². The fourth-order valence-electron chi connectivity index (χ4n) is 7.19. The number of carbonyl (C=O) groups is 2. The molecular formula is C49H52O21. The lowest BCUT2D eigenvalue weighted by Crippen LogP contribution is -2.61. The standard InChI is InChI=1S/C28H32O15.C21H20O6/c1-10-21(32)23(34)25(36)27(40-10)39-9-19-22(33)24(35)26(37)28(43-19)41-12-6-14(30)20-15(31)8-17(42-18(20)7-12)11-3-4-16(38-2)13(29)5-11;1-26-20-11-14(5-9-18(20)24)3-7-16(22)13-17(23)8-4-15-6-10-19(25)21(12-15)27-2/h3-8,10,19,21-30,32-37H,9H2,1-2H3;3-12,24-25H,13H2,1-2H3/b;7-3+,8-4+/t10-,19+,21-,22+,23+,24-,25+,26+,27+,28+;/m0./s1. The number of hydrogen-bond donors (Lipinski definition) is 10. The van der Waals surface area contributed by atoms with Crippen LogP contribution in [0.25, 0.3) is 34.4 Å². The van der Waals surface area contributed by atoms with E-state index in [9.17, 15) is 65.4 Å². The molecule has 0 radical (unpaired) electrons. The van der Waals surface area contributed by atoms with Gasteiger partial charge in [0.2, 0.25) is 6.29 Å². The topological polar surface area (TPSA) is 331 Å². The predicted octanol–water partition coefficient (Wildman–Crippen LogP) is 2.28. The molecule has 3 heterocycles. The molecule has 5 aromatic rings. The number of phenols is 4. The molecule has 0 amide bonds. The fourth-order valence-corrected chi connectivity index (χ4v) is 7.19. The van der Waals surface area contributed by atoms with Crippen LogP contribution in [0.2, 0.25) is 0 Å². The first-order valence-corrected chi connectivity index (χ1v) is 21.3. The van der Waals surface area contributed by atoms with E-state index in [0.717, 1.165) is 12.1 Å². The van der Waals surface area contributed by atoms with Crippen molar-refractivity contribution in [2.45, 2.75) is 74.8 Å². The molecule has 70 heavy (non-hydrogen) atoms. The second-order valence-corrected chi connectivity index (χ2v) is 16.0. The quantitative estimate of drug-likeness (QED) is 0.0531. The number of allylic oxidation sites excluding steroid dienone is 2. The smallest absolute Gasteiger partial charge is 0.229 e. The molecule has 0 saturated carbocycles. The predicted molar refractivity (Wildman–Crippen MR) is 245 cm³/mol. The first-order valence-electron chi connectivity index (χ1n) is 21.3. The summed E-state index contributed by atoms with van der Waals surface area (Å²) in [4.78, 5) is 36.7. The van der Waals surface area contributed by atoms with Crippen molar-refractivity contribution < 1.29 is 98.2 Å². The molecule has 2 fully saturated rings. The van der Waals surface area contributed by atoms with Gasteiger partial charge in [-0.05, 0) is 72.7 Å². The van der Waals surface area contributed by atoms with Gasteiger partial charge in [0.25, 0.3) is 0 Å². The Hall–Kier alpha value is -7.05. The Bertz CT molecular complexity index is 2690. The Balaban J connectivity index is 0.000000256. The number of aliphatic hydroxyl groups excluding tert-OH is 6. The third-order valence-corrected chi connectivity index (χ3v) is 11.1. The largest absolute Gasteiger partial charge is 0.507 e. The fraction of sp³-hybridized carbons (Fsp3) is 0.327. The first kappa shape index (κ1) is 52.3.